The van der Waals surface area contributed by atoms with Gasteiger partial charge >= 0.3 is 5.91 Å². The van der Waals surface area contributed by atoms with Gasteiger partial charge in [-0.25, -0.2) is 5.43 Å². The minimum Gasteiger partial charge on any atom is -0.488 e. The summed E-state index contributed by atoms with van der Waals surface area (Å²) in [5, 5.41) is 4.89. The molecule has 7 nitrogen and oxygen atoms in total. The van der Waals surface area contributed by atoms with Crippen molar-refractivity contribution in [3.05, 3.63) is 88.1 Å². The average molecular weight is 493 g/mol. The summed E-state index contributed by atoms with van der Waals surface area (Å²) in [6.07, 6.45) is 1.53. The number of amides is 1. The first-order chi connectivity index (χ1) is 15.7. The van der Waals surface area contributed by atoms with Gasteiger partial charge in [-0.3, -0.25) is 4.79 Å². The number of hydrogen-bond donors (Lipinski definition) is 1. The van der Waals surface area contributed by atoms with E-state index in [0.29, 0.717) is 23.7 Å². The number of carbonyl (C=O) groups is 1. The van der Waals surface area contributed by atoms with E-state index in [1.165, 1.54) is 6.21 Å². The summed E-state index contributed by atoms with van der Waals surface area (Å²) >= 11 is 3.40. The minimum atomic E-state index is -0.438. The van der Waals surface area contributed by atoms with Crippen molar-refractivity contribution < 1.29 is 23.4 Å². The van der Waals surface area contributed by atoms with Crippen molar-refractivity contribution in [1.82, 2.24) is 5.43 Å². The molecule has 1 N–H and O–H groups in total. The van der Waals surface area contributed by atoms with Gasteiger partial charge < -0.3 is 18.6 Å². The number of fused-ring (bicyclic) bond motifs is 2. The molecule has 0 fully saturated rings. The van der Waals surface area contributed by atoms with Gasteiger partial charge in [-0.1, -0.05) is 34.1 Å². The smallest absolute Gasteiger partial charge is 0.307 e. The summed E-state index contributed by atoms with van der Waals surface area (Å²) in [5.74, 6) is 1.82. The fourth-order valence-electron chi connectivity index (χ4n) is 3.25. The number of carbonyl (C=O) groups excluding carboxylic acids is 1. The zero-order chi connectivity index (χ0) is 21.9. The van der Waals surface area contributed by atoms with Crippen LogP contribution in [0.1, 0.15) is 21.7 Å². The molecule has 1 aliphatic heterocycles. The maximum absolute atomic E-state index is 12.4. The van der Waals surface area contributed by atoms with Crippen molar-refractivity contribution in [3.63, 3.8) is 0 Å². The molecular weight excluding hydrogens is 476 g/mol. The fraction of sp³-hybridized carbons (Fsp3) is 0.0833. The molecule has 0 saturated carbocycles. The highest BCUT2D eigenvalue weighted by molar-refractivity contribution is 9.10. The summed E-state index contributed by atoms with van der Waals surface area (Å²) in [7, 11) is 0. The molecule has 160 valence electrons. The third-order valence-electron chi connectivity index (χ3n) is 4.82. The van der Waals surface area contributed by atoms with Crippen molar-refractivity contribution in [2.75, 3.05) is 6.79 Å². The summed E-state index contributed by atoms with van der Waals surface area (Å²) < 4.78 is 23.2. The molecule has 0 atom stereocenters. The summed E-state index contributed by atoms with van der Waals surface area (Å²) in [6, 6.07) is 20.3. The first-order valence-electron chi connectivity index (χ1n) is 9.78. The maximum Gasteiger partial charge on any atom is 0.307 e. The van der Waals surface area contributed by atoms with Crippen molar-refractivity contribution >= 4 is 39.0 Å². The molecule has 1 aromatic heterocycles. The Kier molecular flexibility index (Phi) is 5.51. The number of nitrogens with one attached hydrogen (secondary N) is 1. The fourth-order valence-corrected chi connectivity index (χ4v) is 3.63. The highest BCUT2D eigenvalue weighted by atomic mass is 79.9. The van der Waals surface area contributed by atoms with Gasteiger partial charge in [0.2, 0.25) is 6.79 Å². The van der Waals surface area contributed by atoms with E-state index in [-0.39, 0.29) is 12.6 Å². The second-order valence-corrected chi connectivity index (χ2v) is 7.92. The Labute approximate surface area is 191 Å². The van der Waals surface area contributed by atoms with Crippen LogP contribution in [0.3, 0.4) is 0 Å². The summed E-state index contributed by atoms with van der Waals surface area (Å²) in [6.45, 7) is 0.582. The van der Waals surface area contributed by atoms with Crippen LogP contribution in [0, 0.1) is 0 Å². The van der Waals surface area contributed by atoms with Gasteiger partial charge in [-0.2, -0.15) is 5.10 Å². The van der Waals surface area contributed by atoms with E-state index >= 15 is 0 Å². The summed E-state index contributed by atoms with van der Waals surface area (Å²) in [4.78, 5) is 12.4. The summed E-state index contributed by atoms with van der Waals surface area (Å²) in [5.41, 5.74) is 4.79. The number of nitrogens with zero attached hydrogens (tertiary/aromatic N) is 1. The molecule has 2 heterocycles. The van der Waals surface area contributed by atoms with E-state index in [0.717, 1.165) is 26.7 Å². The second kappa shape index (κ2) is 8.76. The Bertz CT molecular complexity index is 1330. The molecule has 0 aliphatic carbocycles. The number of furan rings is 1. The molecule has 0 saturated heterocycles. The lowest BCUT2D eigenvalue weighted by atomic mass is 10.2. The molecule has 0 spiro atoms. The van der Waals surface area contributed by atoms with Gasteiger partial charge in [0.25, 0.3) is 0 Å². The second-order valence-electron chi connectivity index (χ2n) is 7.01. The van der Waals surface area contributed by atoms with Crippen LogP contribution in [0.25, 0.3) is 11.0 Å². The van der Waals surface area contributed by atoms with Crippen LogP contribution in [0.15, 0.2) is 80.7 Å². The predicted octanol–water partition coefficient (Wildman–Crippen LogP) is 5.27. The van der Waals surface area contributed by atoms with Gasteiger partial charge in [-0.05, 0) is 54.1 Å². The molecule has 8 heteroatoms. The van der Waals surface area contributed by atoms with Crippen LogP contribution in [0.5, 0.6) is 17.2 Å². The van der Waals surface area contributed by atoms with Crippen molar-refractivity contribution in [1.29, 1.82) is 0 Å². The van der Waals surface area contributed by atoms with E-state index < -0.39 is 5.91 Å². The van der Waals surface area contributed by atoms with Crippen LogP contribution in [-0.4, -0.2) is 18.9 Å². The van der Waals surface area contributed by atoms with Gasteiger partial charge in [-0.15, -0.1) is 0 Å². The Hall–Kier alpha value is -3.78. The van der Waals surface area contributed by atoms with Crippen LogP contribution in [-0.2, 0) is 6.61 Å². The zero-order valence-electron chi connectivity index (χ0n) is 16.7. The molecule has 4 aromatic rings. The Morgan fingerprint density at radius 1 is 1.06 bits per heavy atom. The number of para-hydroxylation sites is 1. The van der Waals surface area contributed by atoms with E-state index in [4.69, 9.17) is 18.6 Å². The van der Waals surface area contributed by atoms with Crippen molar-refractivity contribution in [2.24, 2.45) is 5.10 Å². The highest BCUT2D eigenvalue weighted by Crippen LogP contribution is 2.33. The predicted molar refractivity (Wildman–Crippen MR) is 122 cm³/mol. The Morgan fingerprint density at radius 2 is 1.94 bits per heavy atom. The molecule has 0 unspecified atom stereocenters. The molecule has 0 bridgehead atoms. The molecule has 0 radical (unpaired) electrons. The van der Waals surface area contributed by atoms with E-state index in [9.17, 15) is 4.79 Å². The third kappa shape index (κ3) is 4.31. The molecule has 5 rings (SSSR count). The van der Waals surface area contributed by atoms with Crippen LogP contribution >= 0.6 is 15.9 Å². The average Bonchev–Trinajstić information content (AvgIpc) is 3.44. The lowest BCUT2D eigenvalue weighted by molar-refractivity contribution is 0.0929. The van der Waals surface area contributed by atoms with Gasteiger partial charge in [0.1, 0.15) is 17.9 Å². The van der Waals surface area contributed by atoms with Crippen molar-refractivity contribution in [3.8, 4) is 17.2 Å². The maximum atomic E-state index is 12.4. The molecule has 1 aliphatic rings. The van der Waals surface area contributed by atoms with Crippen LogP contribution in [0.4, 0.5) is 0 Å². The first kappa shape index (κ1) is 20.1. The first-order valence-corrected chi connectivity index (χ1v) is 10.6. The molecule has 1 amide bonds. The molecule has 3 aromatic carbocycles. The normalized spacial score (nSPS) is 12.4. The standard InChI is InChI=1S/C24H17BrN2O5/c25-18-6-8-20-17(10-18)11-23(32-20)24(28)27-26-12-16-3-1-2-4-19(16)29-13-15-5-7-21-22(9-15)31-14-30-21/h1-12H,13-14H2,(H,27,28)/b26-12+. The topological polar surface area (TPSA) is 82.3 Å². The van der Waals surface area contributed by atoms with Gasteiger partial charge in [0.05, 0.1) is 6.21 Å². The van der Waals surface area contributed by atoms with E-state index in [1.54, 1.807) is 12.1 Å². The van der Waals surface area contributed by atoms with Crippen LogP contribution in [0.2, 0.25) is 0 Å². The largest absolute Gasteiger partial charge is 0.488 e. The molecular formula is C24H17BrN2O5. The number of halogens is 1. The monoisotopic (exact) mass is 492 g/mol. The van der Waals surface area contributed by atoms with E-state index in [1.807, 2.05) is 54.6 Å². The zero-order valence-corrected chi connectivity index (χ0v) is 18.3. The minimum absolute atomic E-state index is 0.183. The lowest BCUT2D eigenvalue weighted by Crippen LogP contribution is -2.16. The lowest BCUT2D eigenvalue weighted by Gasteiger charge is -2.09. The number of ether oxygens (including phenoxy) is 3. The van der Waals surface area contributed by atoms with Crippen LogP contribution < -0.4 is 19.6 Å². The highest BCUT2D eigenvalue weighted by Gasteiger charge is 2.14. The number of hydrazone groups is 1. The van der Waals surface area contributed by atoms with Gasteiger partial charge in [0.15, 0.2) is 17.3 Å². The molecule has 32 heavy (non-hydrogen) atoms. The quantitative estimate of drug-likeness (QED) is 0.293. The SMILES string of the molecule is O=C(N/N=C/c1ccccc1OCc1ccc2c(c1)OCO2)c1cc2cc(Br)ccc2o1. The number of rotatable bonds is 6. The van der Waals surface area contributed by atoms with E-state index in [2.05, 4.69) is 26.5 Å². The Balaban J connectivity index is 1.24. The van der Waals surface area contributed by atoms with Crippen molar-refractivity contribution in [2.45, 2.75) is 6.61 Å². The van der Waals surface area contributed by atoms with Gasteiger partial charge in [0, 0.05) is 15.4 Å². The number of hydrogen-bond acceptors (Lipinski definition) is 6. The third-order valence-corrected chi connectivity index (χ3v) is 5.32. The number of benzene rings is 3. The Morgan fingerprint density at radius 3 is 2.88 bits per heavy atom.